The predicted octanol–water partition coefficient (Wildman–Crippen LogP) is 2.82. The van der Waals surface area contributed by atoms with Gasteiger partial charge in [-0.3, -0.25) is 4.79 Å². The van der Waals surface area contributed by atoms with Crippen molar-refractivity contribution in [1.82, 2.24) is 4.90 Å². The van der Waals surface area contributed by atoms with Gasteiger partial charge in [-0.05, 0) is 41.0 Å². The molecule has 0 saturated carbocycles. The second-order valence-corrected chi connectivity index (χ2v) is 5.84. The summed E-state index contributed by atoms with van der Waals surface area (Å²) in [6, 6.07) is 11.4. The Balaban J connectivity index is 2.15. The molecule has 3 rings (SSSR count). The van der Waals surface area contributed by atoms with Gasteiger partial charge in [0.1, 0.15) is 17.2 Å². The molecule has 0 spiro atoms. The molecule has 0 saturated heterocycles. The molecule has 1 heterocycles. The van der Waals surface area contributed by atoms with Crippen molar-refractivity contribution < 1.29 is 19.0 Å². The van der Waals surface area contributed by atoms with E-state index in [2.05, 4.69) is 0 Å². The van der Waals surface area contributed by atoms with Gasteiger partial charge >= 0.3 is 0 Å². The van der Waals surface area contributed by atoms with E-state index < -0.39 is 0 Å². The highest BCUT2D eigenvalue weighted by molar-refractivity contribution is 5.89. The fraction of sp³-hybridized carbons (Fsp3) is 0.316. The summed E-state index contributed by atoms with van der Waals surface area (Å²) in [5, 5.41) is 0. The number of likely N-dealkylation sites (N-methyl/N-ethyl adjacent to an activating group) is 1. The molecule has 1 aliphatic rings. The lowest BCUT2D eigenvalue weighted by molar-refractivity contribution is -0.131. The van der Waals surface area contributed by atoms with E-state index in [4.69, 9.17) is 14.2 Å². The minimum atomic E-state index is -0.381. The van der Waals surface area contributed by atoms with Crippen molar-refractivity contribution in [2.24, 2.45) is 0 Å². The molecular weight excluding hydrogens is 306 g/mol. The second-order valence-electron chi connectivity index (χ2n) is 5.84. The Kier molecular flexibility index (Phi) is 4.34. The van der Waals surface area contributed by atoms with E-state index in [1.165, 1.54) is 0 Å². The molecule has 1 atom stereocenters. The highest BCUT2D eigenvalue weighted by Gasteiger charge is 2.33. The number of hydrogen-bond acceptors (Lipinski definition) is 4. The van der Waals surface area contributed by atoms with Gasteiger partial charge in [0, 0.05) is 19.7 Å². The van der Waals surface area contributed by atoms with Gasteiger partial charge in [0.15, 0.2) is 0 Å². The second kappa shape index (κ2) is 6.43. The van der Waals surface area contributed by atoms with Crippen LogP contribution in [0.25, 0.3) is 0 Å². The highest BCUT2D eigenvalue weighted by atomic mass is 16.5. The van der Waals surface area contributed by atoms with E-state index in [1.807, 2.05) is 37.4 Å². The lowest BCUT2D eigenvalue weighted by atomic mass is 9.84. The number of hydrogen-bond donors (Lipinski definition) is 0. The molecule has 2 aromatic rings. The van der Waals surface area contributed by atoms with Gasteiger partial charge in [0.2, 0.25) is 5.91 Å². The molecule has 2 aromatic carbocycles. The number of carbonyl (C=O) groups is 1. The zero-order valence-corrected chi connectivity index (χ0v) is 14.3. The zero-order chi connectivity index (χ0) is 17.3. The summed E-state index contributed by atoms with van der Waals surface area (Å²) < 4.78 is 16.0. The monoisotopic (exact) mass is 327 g/mol. The zero-order valence-electron chi connectivity index (χ0n) is 14.3. The Hall–Kier alpha value is -2.69. The summed E-state index contributed by atoms with van der Waals surface area (Å²) in [6.07, 6.45) is 0. The Bertz CT molecular complexity index is 750. The van der Waals surface area contributed by atoms with Crippen LogP contribution < -0.4 is 14.2 Å². The minimum Gasteiger partial charge on any atom is -0.497 e. The Morgan fingerprint density at radius 2 is 1.54 bits per heavy atom. The molecule has 5 nitrogen and oxygen atoms in total. The fourth-order valence-electron chi connectivity index (χ4n) is 3.13. The summed E-state index contributed by atoms with van der Waals surface area (Å²) >= 11 is 0. The summed E-state index contributed by atoms with van der Waals surface area (Å²) in [6.45, 7) is 0.572. The predicted molar refractivity (Wildman–Crippen MR) is 90.9 cm³/mol. The molecule has 0 aromatic heterocycles. The third kappa shape index (κ3) is 2.77. The normalized spacial score (nSPS) is 16.6. The number of rotatable bonds is 4. The third-order valence-corrected chi connectivity index (χ3v) is 4.40. The quantitative estimate of drug-likeness (QED) is 0.866. The molecule has 0 radical (unpaired) electrons. The number of methoxy groups -OCH3 is 3. The van der Waals surface area contributed by atoms with Crippen LogP contribution in [0.15, 0.2) is 36.4 Å². The van der Waals surface area contributed by atoms with Gasteiger partial charge in [-0.25, -0.2) is 0 Å². The van der Waals surface area contributed by atoms with Crippen LogP contribution in [-0.2, 0) is 11.3 Å². The van der Waals surface area contributed by atoms with Crippen LogP contribution in [0.2, 0.25) is 0 Å². The maximum Gasteiger partial charge on any atom is 0.234 e. The first-order valence-electron chi connectivity index (χ1n) is 7.72. The van der Waals surface area contributed by atoms with Gasteiger partial charge < -0.3 is 19.1 Å². The minimum absolute atomic E-state index is 0.0583. The molecule has 0 aliphatic carbocycles. The number of nitrogens with zero attached hydrogens (tertiary/aromatic N) is 1. The molecule has 126 valence electrons. The van der Waals surface area contributed by atoms with Crippen LogP contribution in [0.5, 0.6) is 17.2 Å². The van der Waals surface area contributed by atoms with E-state index in [0.29, 0.717) is 18.0 Å². The lowest BCUT2D eigenvalue weighted by Gasteiger charge is -2.32. The summed E-state index contributed by atoms with van der Waals surface area (Å²) in [5.74, 6) is 1.80. The number of fused-ring (bicyclic) bond motifs is 1. The van der Waals surface area contributed by atoms with Crippen molar-refractivity contribution in [1.29, 1.82) is 0 Å². The van der Waals surface area contributed by atoms with Gasteiger partial charge in [-0.2, -0.15) is 0 Å². The Labute approximate surface area is 141 Å². The summed E-state index contributed by atoms with van der Waals surface area (Å²) in [5.41, 5.74) is 2.94. The largest absolute Gasteiger partial charge is 0.497 e. The van der Waals surface area contributed by atoms with Gasteiger partial charge in [-0.15, -0.1) is 0 Å². The number of ether oxygens (including phenoxy) is 3. The molecule has 0 fully saturated rings. The van der Waals surface area contributed by atoms with Crippen LogP contribution in [0, 0.1) is 0 Å². The topological polar surface area (TPSA) is 48.0 Å². The van der Waals surface area contributed by atoms with E-state index in [1.54, 1.807) is 32.3 Å². The van der Waals surface area contributed by atoms with Crippen molar-refractivity contribution in [2.45, 2.75) is 12.5 Å². The number of carbonyl (C=O) groups excluding carboxylic acids is 1. The van der Waals surface area contributed by atoms with Gasteiger partial charge in [-0.1, -0.05) is 6.07 Å². The molecule has 1 aliphatic heterocycles. The van der Waals surface area contributed by atoms with Gasteiger partial charge in [0.05, 0.1) is 27.2 Å². The van der Waals surface area contributed by atoms with E-state index in [0.717, 1.165) is 22.4 Å². The molecule has 0 bridgehead atoms. The van der Waals surface area contributed by atoms with Crippen molar-refractivity contribution in [3.05, 3.63) is 53.1 Å². The van der Waals surface area contributed by atoms with Crippen molar-refractivity contribution in [3.8, 4) is 17.2 Å². The Morgan fingerprint density at radius 3 is 2.12 bits per heavy atom. The highest BCUT2D eigenvalue weighted by Crippen LogP contribution is 2.38. The van der Waals surface area contributed by atoms with Crippen LogP contribution in [0.4, 0.5) is 0 Å². The first-order chi connectivity index (χ1) is 11.6. The van der Waals surface area contributed by atoms with E-state index >= 15 is 0 Å². The summed E-state index contributed by atoms with van der Waals surface area (Å²) in [4.78, 5) is 14.6. The average molecular weight is 327 g/mol. The lowest BCUT2D eigenvalue weighted by Crippen LogP contribution is -2.37. The fourth-order valence-corrected chi connectivity index (χ4v) is 3.13. The van der Waals surface area contributed by atoms with Crippen molar-refractivity contribution in [2.75, 3.05) is 28.4 Å². The molecular formula is C19H21NO4. The first kappa shape index (κ1) is 16.2. The average Bonchev–Trinajstić information content (AvgIpc) is 2.61. The molecule has 24 heavy (non-hydrogen) atoms. The maximum absolute atomic E-state index is 12.9. The van der Waals surface area contributed by atoms with E-state index in [9.17, 15) is 4.79 Å². The number of amides is 1. The SMILES string of the molecule is COc1cc(OC)cc(C2C(=O)N(C)Cc3cc(OC)ccc32)c1. The smallest absolute Gasteiger partial charge is 0.234 e. The number of benzene rings is 2. The Morgan fingerprint density at radius 1 is 0.917 bits per heavy atom. The standard InChI is InChI=1S/C19H21NO4/c1-20-11-13-9-14(22-2)5-6-17(13)18(19(20)21)12-7-15(23-3)10-16(8-12)24-4/h5-10,18H,11H2,1-4H3. The van der Waals surface area contributed by atoms with Crippen molar-refractivity contribution >= 4 is 5.91 Å². The van der Waals surface area contributed by atoms with Gasteiger partial charge in [0.25, 0.3) is 0 Å². The molecule has 1 unspecified atom stereocenters. The van der Waals surface area contributed by atoms with Crippen LogP contribution >= 0.6 is 0 Å². The van der Waals surface area contributed by atoms with Crippen molar-refractivity contribution in [3.63, 3.8) is 0 Å². The molecule has 0 N–H and O–H groups in total. The van der Waals surface area contributed by atoms with Crippen LogP contribution in [0.1, 0.15) is 22.6 Å². The van der Waals surface area contributed by atoms with Crippen LogP contribution in [0.3, 0.4) is 0 Å². The van der Waals surface area contributed by atoms with Crippen LogP contribution in [-0.4, -0.2) is 39.2 Å². The molecule has 1 amide bonds. The maximum atomic E-state index is 12.9. The van der Waals surface area contributed by atoms with E-state index in [-0.39, 0.29) is 11.8 Å². The first-order valence-corrected chi connectivity index (χ1v) is 7.72. The third-order valence-electron chi connectivity index (χ3n) is 4.40. The molecule has 5 heteroatoms. The summed E-state index contributed by atoms with van der Waals surface area (Å²) in [7, 11) is 6.66.